The molecule has 0 spiro atoms. The van der Waals surface area contributed by atoms with E-state index in [-0.39, 0.29) is 0 Å². The van der Waals surface area contributed by atoms with Gasteiger partial charge in [0.2, 0.25) is 0 Å². The van der Waals surface area contributed by atoms with Crippen molar-refractivity contribution < 1.29 is 0 Å². The molecule has 0 fully saturated rings. The third kappa shape index (κ3) is 2.62. The highest BCUT2D eigenvalue weighted by Gasteiger charge is 2.03. The normalized spacial score (nSPS) is 10.4. The molecule has 0 atom stereocenters. The molecule has 2 rings (SSSR count). The van der Waals surface area contributed by atoms with Crippen molar-refractivity contribution in [3.63, 3.8) is 0 Å². The van der Waals surface area contributed by atoms with Gasteiger partial charge in [-0.15, -0.1) is 11.3 Å². The van der Waals surface area contributed by atoms with Crippen LogP contribution in [0.3, 0.4) is 0 Å². The average Bonchev–Trinajstić information content (AvgIpc) is 2.63. The summed E-state index contributed by atoms with van der Waals surface area (Å²) in [6.07, 6.45) is 3.42. The van der Waals surface area contributed by atoms with E-state index in [1.165, 1.54) is 4.88 Å². The second-order valence-corrected chi connectivity index (χ2v) is 5.04. The fourth-order valence-corrected chi connectivity index (χ4v) is 2.19. The molecule has 0 amide bonds. The van der Waals surface area contributed by atoms with Crippen LogP contribution in [-0.2, 0) is 6.54 Å². The number of pyridine rings is 1. The maximum atomic E-state index is 5.98. The van der Waals surface area contributed by atoms with E-state index in [0.29, 0.717) is 23.1 Å². The van der Waals surface area contributed by atoms with Gasteiger partial charge in [0.25, 0.3) is 0 Å². The summed E-state index contributed by atoms with van der Waals surface area (Å²) in [6, 6.07) is 1.67. The topological polar surface area (TPSA) is 63.8 Å². The zero-order valence-electron chi connectivity index (χ0n) is 8.70. The van der Waals surface area contributed by atoms with Crippen molar-refractivity contribution >= 4 is 34.4 Å². The van der Waals surface area contributed by atoms with Gasteiger partial charge in [0, 0.05) is 11.1 Å². The van der Waals surface area contributed by atoms with Crippen molar-refractivity contribution in [3.05, 3.63) is 33.4 Å². The van der Waals surface area contributed by atoms with E-state index >= 15 is 0 Å². The van der Waals surface area contributed by atoms with Crippen molar-refractivity contribution in [1.29, 1.82) is 0 Å². The first-order chi connectivity index (χ1) is 7.65. The van der Waals surface area contributed by atoms with Crippen LogP contribution >= 0.6 is 22.9 Å². The lowest BCUT2D eigenvalue weighted by molar-refractivity contribution is 1.08. The largest absolute Gasteiger partial charge is 0.397 e. The van der Waals surface area contributed by atoms with Gasteiger partial charge in [-0.25, -0.2) is 9.97 Å². The van der Waals surface area contributed by atoms with Crippen LogP contribution < -0.4 is 11.1 Å². The molecule has 2 aromatic rings. The molecule has 0 saturated carbocycles. The molecule has 0 bridgehead atoms. The first kappa shape index (κ1) is 11.2. The first-order valence-corrected chi connectivity index (χ1v) is 5.91. The number of anilines is 2. The van der Waals surface area contributed by atoms with Crippen LogP contribution in [0.15, 0.2) is 18.5 Å². The number of nitrogens with one attached hydrogen (secondary N) is 1. The minimum atomic E-state index is 0.522. The third-order valence-corrected chi connectivity index (χ3v) is 3.14. The van der Waals surface area contributed by atoms with Crippen molar-refractivity contribution in [1.82, 2.24) is 9.97 Å². The Kier molecular flexibility index (Phi) is 3.26. The Balaban J connectivity index is 2.04. The molecular formula is C10H11ClN4S. The lowest BCUT2D eigenvalue weighted by Gasteiger charge is -2.05. The van der Waals surface area contributed by atoms with Crippen LogP contribution in [0, 0.1) is 6.92 Å². The summed E-state index contributed by atoms with van der Waals surface area (Å²) >= 11 is 7.63. The SMILES string of the molecule is Cc1cnc(CNc2ncc(N)cc2Cl)s1. The van der Waals surface area contributed by atoms with Gasteiger partial charge < -0.3 is 11.1 Å². The van der Waals surface area contributed by atoms with E-state index in [9.17, 15) is 0 Å². The second kappa shape index (κ2) is 4.67. The number of thiazole rings is 1. The van der Waals surface area contributed by atoms with Gasteiger partial charge in [0.05, 0.1) is 23.5 Å². The Morgan fingerprint density at radius 2 is 2.25 bits per heavy atom. The van der Waals surface area contributed by atoms with Crippen LogP contribution in [-0.4, -0.2) is 9.97 Å². The number of hydrogen-bond acceptors (Lipinski definition) is 5. The van der Waals surface area contributed by atoms with E-state index in [1.807, 2.05) is 13.1 Å². The summed E-state index contributed by atoms with van der Waals surface area (Å²) in [5, 5.41) is 4.65. The molecule has 0 aliphatic heterocycles. The number of nitrogens with zero attached hydrogens (tertiary/aromatic N) is 2. The van der Waals surface area contributed by atoms with Crippen molar-refractivity contribution in [2.24, 2.45) is 0 Å². The lowest BCUT2D eigenvalue weighted by atomic mass is 10.4. The van der Waals surface area contributed by atoms with Crippen molar-refractivity contribution in [2.45, 2.75) is 13.5 Å². The molecule has 16 heavy (non-hydrogen) atoms. The minimum Gasteiger partial charge on any atom is -0.397 e. The molecule has 0 saturated heterocycles. The van der Waals surface area contributed by atoms with Crippen LogP contribution in [0.5, 0.6) is 0 Å². The quantitative estimate of drug-likeness (QED) is 0.884. The molecule has 6 heteroatoms. The number of nitrogens with two attached hydrogens (primary N) is 1. The zero-order chi connectivity index (χ0) is 11.5. The van der Waals surface area contributed by atoms with Gasteiger partial charge in [-0.3, -0.25) is 0 Å². The predicted octanol–water partition coefficient (Wildman–Crippen LogP) is 2.69. The standard InChI is InChI=1S/C10H11ClN4S/c1-6-3-13-9(16-6)5-15-10-8(11)2-7(12)4-14-10/h2-4H,5,12H2,1H3,(H,14,15). The van der Waals surface area contributed by atoms with E-state index in [2.05, 4.69) is 15.3 Å². The lowest BCUT2D eigenvalue weighted by Crippen LogP contribution is -2.02. The maximum Gasteiger partial charge on any atom is 0.145 e. The van der Waals surface area contributed by atoms with Crippen LogP contribution in [0.2, 0.25) is 5.02 Å². The molecule has 3 N–H and O–H groups in total. The summed E-state index contributed by atoms with van der Waals surface area (Å²) in [7, 11) is 0. The van der Waals surface area contributed by atoms with E-state index < -0.39 is 0 Å². The van der Waals surface area contributed by atoms with Gasteiger partial charge in [-0.05, 0) is 13.0 Å². The molecule has 2 heterocycles. The Morgan fingerprint density at radius 3 is 2.88 bits per heavy atom. The molecule has 84 valence electrons. The van der Waals surface area contributed by atoms with Gasteiger partial charge >= 0.3 is 0 Å². The van der Waals surface area contributed by atoms with Crippen molar-refractivity contribution in [3.8, 4) is 0 Å². The first-order valence-electron chi connectivity index (χ1n) is 4.71. The number of nitrogen functional groups attached to an aromatic ring is 1. The fourth-order valence-electron chi connectivity index (χ4n) is 1.23. The Morgan fingerprint density at radius 1 is 1.44 bits per heavy atom. The number of aromatic nitrogens is 2. The van der Waals surface area contributed by atoms with Gasteiger partial charge in [-0.1, -0.05) is 11.6 Å². The fraction of sp³-hybridized carbons (Fsp3) is 0.200. The number of rotatable bonds is 3. The van der Waals surface area contributed by atoms with Gasteiger partial charge in [0.1, 0.15) is 10.8 Å². The highest BCUT2D eigenvalue weighted by Crippen LogP contribution is 2.22. The van der Waals surface area contributed by atoms with Crippen LogP contribution in [0.25, 0.3) is 0 Å². The third-order valence-electron chi connectivity index (χ3n) is 1.94. The molecule has 0 aromatic carbocycles. The molecular weight excluding hydrogens is 244 g/mol. The molecule has 0 aliphatic rings. The average molecular weight is 255 g/mol. The minimum absolute atomic E-state index is 0.522. The van der Waals surface area contributed by atoms with E-state index in [4.69, 9.17) is 17.3 Å². The van der Waals surface area contributed by atoms with Gasteiger partial charge in [-0.2, -0.15) is 0 Å². The maximum absolute atomic E-state index is 5.98. The number of aryl methyl sites for hydroxylation is 1. The Bertz CT molecular complexity index is 497. The van der Waals surface area contributed by atoms with E-state index in [1.54, 1.807) is 23.6 Å². The molecule has 0 radical (unpaired) electrons. The number of hydrogen-bond donors (Lipinski definition) is 2. The van der Waals surface area contributed by atoms with Crippen LogP contribution in [0.4, 0.5) is 11.5 Å². The predicted molar refractivity (Wildman–Crippen MR) is 67.8 cm³/mol. The summed E-state index contributed by atoms with van der Waals surface area (Å²) in [5.41, 5.74) is 6.11. The summed E-state index contributed by atoms with van der Waals surface area (Å²) in [6.45, 7) is 2.64. The summed E-state index contributed by atoms with van der Waals surface area (Å²) in [4.78, 5) is 9.54. The summed E-state index contributed by atoms with van der Waals surface area (Å²) < 4.78 is 0. The summed E-state index contributed by atoms with van der Waals surface area (Å²) in [5.74, 6) is 0.628. The second-order valence-electron chi connectivity index (χ2n) is 3.32. The van der Waals surface area contributed by atoms with Crippen LogP contribution in [0.1, 0.15) is 9.88 Å². The van der Waals surface area contributed by atoms with Crippen molar-refractivity contribution in [2.75, 3.05) is 11.1 Å². The smallest absolute Gasteiger partial charge is 0.145 e. The monoisotopic (exact) mass is 254 g/mol. The Hall–Kier alpha value is -1.33. The molecule has 2 aromatic heterocycles. The molecule has 0 unspecified atom stereocenters. The zero-order valence-corrected chi connectivity index (χ0v) is 10.3. The molecule has 4 nitrogen and oxygen atoms in total. The number of halogens is 1. The Labute approximate surface area is 102 Å². The molecule has 0 aliphatic carbocycles. The highest BCUT2D eigenvalue weighted by molar-refractivity contribution is 7.11. The highest BCUT2D eigenvalue weighted by atomic mass is 35.5. The van der Waals surface area contributed by atoms with Gasteiger partial charge in [0.15, 0.2) is 0 Å². The van der Waals surface area contributed by atoms with E-state index in [0.717, 1.165) is 5.01 Å².